The van der Waals surface area contributed by atoms with Crippen molar-refractivity contribution in [1.29, 1.82) is 0 Å². The van der Waals surface area contributed by atoms with E-state index in [2.05, 4.69) is 121 Å². The van der Waals surface area contributed by atoms with Crippen molar-refractivity contribution in [3.05, 3.63) is 114 Å². The highest BCUT2D eigenvalue weighted by Gasteiger charge is 2.59. The molecule has 3 aromatic carbocycles. The van der Waals surface area contributed by atoms with Crippen LogP contribution < -0.4 is 4.90 Å². The Morgan fingerprint density at radius 2 is 1.42 bits per heavy atom. The van der Waals surface area contributed by atoms with Gasteiger partial charge in [0.25, 0.3) is 0 Å². The monoisotopic (exact) mass is 434 g/mol. The first-order chi connectivity index (χ1) is 16.2. The summed E-state index contributed by atoms with van der Waals surface area (Å²) in [6.07, 6.45) is 10.6. The third-order valence-electron chi connectivity index (χ3n) is 8.57. The molecule has 0 spiro atoms. The number of para-hydroxylation sites is 1. The minimum Gasteiger partial charge on any atom is -0.348 e. The van der Waals surface area contributed by atoms with E-state index in [4.69, 9.17) is 0 Å². The first-order valence-corrected chi connectivity index (χ1v) is 12.6. The van der Waals surface area contributed by atoms with Gasteiger partial charge in [0.05, 0.1) is 12.1 Å². The Morgan fingerprint density at radius 3 is 2.12 bits per heavy atom. The summed E-state index contributed by atoms with van der Waals surface area (Å²) >= 11 is 0. The van der Waals surface area contributed by atoms with Gasteiger partial charge in [0, 0.05) is 11.1 Å². The molecule has 2 heterocycles. The lowest BCUT2D eigenvalue weighted by Crippen LogP contribution is -2.50. The van der Waals surface area contributed by atoms with Gasteiger partial charge in [-0.25, -0.2) is 0 Å². The summed E-state index contributed by atoms with van der Waals surface area (Å²) in [5, 5.41) is 0. The molecule has 1 saturated heterocycles. The average molecular weight is 435 g/mol. The van der Waals surface area contributed by atoms with Gasteiger partial charge in [0.2, 0.25) is 0 Å². The van der Waals surface area contributed by atoms with Crippen LogP contribution in [0.5, 0.6) is 0 Å². The Kier molecular flexibility index (Phi) is 5.05. The summed E-state index contributed by atoms with van der Waals surface area (Å²) in [7, 11) is 0. The molecule has 3 unspecified atom stereocenters. The van der Waals surface area contributed by atoms with Gasteiger partial charge >= 0.3 is 0 Å². The first-order valence-electron chi connectivity index (χ1n) is 12.6. The maximum absolute atomic E-state index is 2.70. The summed E-state index contributed by atoms with van der Waals surface area (Å²) in [5.74, 6) is 0.696. The number of rotatable bonds is 4. The Labute approximate surface area is 198 Å². The fraction of sp³-hybridized carbons (Fsp3) is 0.355. The highest BCUT2D eigenvalue weighted by atomic mass is 15.5. The Hall–Kier alpha value is -3.00. The lowest BCUT2D eigenvalue weighted by atomic mass is 9.64. The van der Waals surface area contributed by atoms with E-state index in [0.29, 0.717) is 18.0 Å². The number of fused-ring (bicyclic) bond motifs is 1. The van der Waals surface area contributed by atoms with Crippen molar-refractivity contribution in [2.75, 3.05) is 4.90 Å². The third-order valence-corrected chi connectivity index (χ3v) is 8.57. The number of aryl methyl sites for hydroxylation is 1. The molecule has 2 heteroatoms. The van der Waals surface area contributed by atoms with Gasteiger partial charge < -0.3 is 9.80 Å². The smallest absolute Gasteiger partial charge is 0.128 e. The van der Waals surface area contributed by atoms with Crippen molar-refractivity contribution >= 4 is 5.69 Å². The van der Waals surface area contributed by atoms with E-state index in [1.807, 2.05) is 0 Å². The molecule has 0 amide bonds. The van der Waals surface area contributed by atoms with Crippen LogP contribution in [-0.2, 0) is 5.41 Å². The zero-order chi connectivity index (χ0) is 22.4. The molecule has 0 N–H and O–H groups in total. The maximum atomic E-state index is 2.70. The van der Waals surface area contributed by atoms with Gasteiger partial charge in [-0.15, -0.1) is 0 Å². The summed E-state index contributed by atoms with van der Waals surface area (Å²) in [6.45, 7) is 4.72. The number of anilines is 1. The van der Waals surface area contributed by atoms with E-state index in [-0.39, 0.29) is 11.6 Å². The fourth-order valence-electron chi connectivity index (χ4n) is 7.22. The van der Waals surface area contributed by atoms with Gasteiger partial charge in [-0.2, -0.15) is 0 Å². The van der Waals surface area contributed by atoms with Gasteiger partial charge in [-0.3, -0.25) is 0 Å². The van der Waals surface area contributed by atoms with Gasteiger partial charge in [-0.1, -0.05) is 97.8 Å². The minimum absolute atomic E-state index is 0.0572. The molecule has 2 fully saturated rings. The molecule has 0 aromatic heterocycles. The van der Waals surface area contributed by atoms with Crippen molar-refractivity contribution in [3.63, 3.8) is 0 Å². The molecule has 1 aliphatic carbocycles. The van der Waals surface area contributed by atoms with Crippen LogP contribution in [0.3, 0.4) is 0 Å². The van der Waals surface area contributed by atoms with Gasteiger partial charge in [-0.05, 0) is 61.6 Å². The highest BCUT2D eigenvalue weighted by molar-refractivity contribution is 5.59. The van der Waals surface area contributed by atoms with Crippen LogP contribution in [0.2, 0.25) is 0 Å². The zero-order valence-electron chi connectivity index (χ0n) is 19.8. The predicted octanol–water partition coefficient (Wildman–Crippen LogP) is 7.23. The van der Waals surface area contributed by atoms with Crippen LogP contribution in [0.4, 0.5) is 5.69 Å². The second-order valence-electron chi connectivity index (χ2n) is 10.2. The Morgan fingerprint density at radius 1 is 0.788 bits per heavy atom. The van der Waals surface area contributed by atoms with Crippen molar-refractivity contribution < 1.29 is 0 Å². The number of hydrogen-bond donors (Lipinski definition) is 0. The Balaban J connectivity index is 1.54. The molecule has 2 nitrogen and oxygen atoms in total. The van der Waals surface area contributed by atoms with E-state index in [0.717, 1.165) is 0 Å². The first kappa shape index (κ1) is 20.6. The topological polar surface area (TPSA) is 6.48 Å². The Bertz CT molecular complexity index is 1130. The van der Waals surface area contributed by atoms with Gasteiger partial charge in [0.15, 0.2) is 0 Å². The molecule has 0 bridgehead atoms. The normalized spacial score (nSPS) is 29.1. The largest absolute Gasteiger partial charge is 0.348 e. The maximum Gasteiger partial charge on any atom is 0.128 e. The minimum atomic E-state index is 0.0572. The van der Waals surface area contributed by atoms with Crippen LogP contribution in [0.15, 0.2) is 97.2 Å². The third kappa shape index (κ3) is 3.07. The lowest BCUT2D eigenvalue weighted by molar-refractivity contribution is 0.182. The fourth-order valence-corrected chi connectivity index (χ4v) is 7.22. The second kappa shape index (κ2) is 8.09. The van der Waals surface area contributed by atoms with E-state index >= 15 is 0 Å². The van der Waals surface area contributed by atoms with Crippen molar-refractivity contribution in [1.82, 2.24) is 4.90 Å². The second-order valence-corrected chi connectivity index (χ2v) is 10.2. The molecule has 2 aliphatic heterocycles. The molecule has 4 atom stereocenters. The van der Waals surface area contributed by atoms with E-state index < -0.39 is 0 Å². The van der Waals surface area contributed by atoms with Gasteiger partial charge in [0.1, 0.15) is 6.17 Å². The molecule has 1 saturated carbocycles. The molecule has 168 valence electrons. The molecular weight excluding hydrogens is 400 g/mol. The summed E-state index contributed by atoms with van der Waals surface area (Å²) in [4.78, 5) is 5.39. The van der Waals surface area contributed by atoms with Crippen molar-refractivity contribution in [2.45, 2.75) is 63.2 Å². The van der Waals surface area contributed by atoms with Crippen LogP contribution >= 0.6 is 0 Å². The molecule has 6 rings (SSSR count). The standard InChI is InChI=1S/C31H34N2/c1-23-13-9-12-20-28(23)33-24(2)29-31(27-18-10-11-19-27,26-16-7-4-8-17-26)21-22-32(29)30(33)25-14-5-3-6-15-25/h3-9,12-17,20-22,24,27,29-30H,10-11,18-19H2,1-2H3/t24-,29?,30?,31?/m0/s1. The van der Waals surface area contributed by atoms with Crippen LogP contribution in [0.25, 0.3) is 0 Å². The molecule has 33 heavy (non-hydrogen) atoms. The van der Waals surface area contributed by atoms with E-state index in [9.17, 15) is 0 Å². The number of benzene rings is 3. The predicted molar refractivity (Wildman–Crippen MR) is 137 cm³/mol. The SMILES string of the molecule is Cc1ccccc1N1C(c2ccccc2)N2C=CC(c3ccccc3)(C3CCCC3)C2[C@@H]1C. The number of hydrogen-bond acceptors (Lipinski definition) is 2. The van der Waals surface area contributed by atoms with E-state index in [1.54, 1.807) is 0 Å². The van der Waals surface area contributed by atoms with Crippen LogP contribution in [-0.4, -0.2) is 17.0 Å². The molecule has 3 aliphatic rings. The van der Waals surface area contributed by atoms with Crippen LogP contribution in [0, 0.1) is 12.8 Å². The highest BCUT2D eigenvalue weighted by Crippen LogP contribution is 2.57. The summed E-state index contributed by atoms with van der Waals surface area (Å²) in [5.41, 5.74) is 5.62. The van der Waals surface area contributed by atoms with Crippen molar-refractivity contribution in [3.8, 4) is 0 Å². The summed E-state index contributed by atoms with van der Waals surface area (Å²) in [6, 6.07) is 32.2. The summed E-state index contributed by atoms with van der Waals surface area (Å²) < 4.78 is 0. The quantitative estimate of drug-likeness (QED) is 0.427. The van der Waals surface area contributed by atoms with Crippen molar-refractivity contribution in [2.24, 2.45) is 5.92 Å². The van der Waals surface area contributed by atoms with E-state index in [1.165, 1.54) is 48.1 Å². The average Bonchev–Trinajstić information content (AvgIpc) is 3.58. The lowest BCUT2D eigenvalue weighted by Gasteiger charge is -2.43. The number of nitrogens with zero attached hydrogens (tertiary/aromatic N) is 2. The molecule has 0 radical (unpaired) electrons. The molecular formula is C31H34N2. The molecule has 3 aromatic rings. The van der Waals surface area contributed by atoms with Crippen LogP contribution in [0.1, 0.15) is 55.5 Å². The zero-order valence-corrected chi connectivity index (χ0v) is 19.8.